The van der Waals surface area contributed by atoms with Gasteiger partial charge in [-0.3, -0.25) is 4.79 Å². The first-order chi connectivity index (χ1) is 5.43. The number of hydrogen-bond acceptors (Lipinski definition) is 4. The molecular formula is C6H6O6. The van der Waals surface area contributed by atoms with Crippen molar-refractivity contribution in [2.75, 3.05) is 0 Å². The quantitative estimate of drug-likeness (QED) is 0.361. The van der Waals surface area contributed by atoms with Crippen LogP contribution in [-0.2, 0) is 14.3 Å². The van der Waals surface area contributed by atoms with Crippen LogP contribution in [0.3, 0.4) is 0 Å². The van der Waals surface area contributed by atoms with Crippen LogP contribution < -0.4 is 0 Å². The van der Waals surface area contributed by atoms with E-state index in [1.165, 1.54) is 0 Å². The highest BCUT2D eigenvalue weighted by molar-refractivity contribution is 5.97. The van der Waals surface area contributed by atoms with Gasteiger partial charge in [-0.05, 0) is 0 Å². The minimum Gasteiger partial charge on any atom is -0.481 e. The molecule has 0 aliphatic rings. The van der Waals surface area contributed by atoms with E-state index in [2.05, 4.69) is 11.3 Å². The van der Waals surface area contributed by atoms with Crippen LogP contribution in [0.2, 0.25) is 0 Å². The summed E-state index contributed by atoms with van der Waals surface area (Å²) in [6.45, 7) is 3.03. The monoisotopic (exact) mass is 174 g/mol. The van der Waals surface area contributed by atoms with Crippen molar-refractivity contribution in [3.63, 3.8) is 0 Å². The molecular weight excluding hydrogens is 168 g/mol. The summed E-state index contributed by atoms with van der Waals surface area (Å²) >= 11 is 0. The van der Waals surface area contributed by atoms with E-state index in [-0.39, 0.29) is 0 Å². The molecule has 0 bridgehead atoms. The zero-order valence-electron chi connectivity index (χ0n) is 5.94. The fourth-order valence-corrected chi connectivity index (χ4v) is 0.406. The molecule has 0 aliphatic carbocycles. The highest BCUT2D eigenvalue weighted by Gasteiger charge is 2.15. The molecule has 0 radical (unpaired) electrons. The fraction of sp³-hybridized carbons (Fsp3) is 0.167. The van der Waals surface area contributed by atoms with Gasteiger partial charge in [-0.25, -0.2) is 9.59 Å². The Labute approximate surface area is 67.1 Å². The van der Waals surface area contributed by atoms with E-state index in [0.717, 1.165) is 0 Å². The molecule has 0 aromatic rings. The lowest BCUT2D eigenvalue weighted by atomic mass is 10.2. The smallest absolute Gasteiger partial charge is 0.481 e. The van der Waals surface area contributed by atoms with Crippen LogP contribution in [-0.4, -0.2) is 28.3 Å². The summed E-state index contributed by atoms with van der Waals surface area (Å²) in [4.78, 5) is 30.3. The van der Waals surface area contributed by atoms with Crippen LogP contribution in [0, 0.1) is 0 Å². The van der Waals surface area contributed by atoms with Crippen LogP contribution in [0.5, 0.6) is 0 Å². The summed E-state index contributed by atoms with van der Waals surface area (Å²) in [6, 6.07) is 0. The van der Waals surface area contributed by atoms with Crippen molar-refractivity contribution in [3.8, 4) is 0 Å². The Kier molecular flexibility index (Phi) is 3.48. The van der Waals surface area contributed by atoms with Crippen LogP contribution in [0.15, 0.2) is 12.2 Å². The molecule has 0 fully saturated rings. The fourth-order valence-electron chi connectivity index (χ4n) is 0.406. The SMILES string of the molecule is C=C(CC(=O)O)C(=O)OC(=O)O. The molecule has 0 aromatic carbocycles. The van der Waals surface area contributed by atoms with E-state index in [1.54, 1.807) is 0 Å². The van der Waals surface area contributed by atoms with Gasteiger partial charge in [-0.15, -0.1) is 0 Å². The number of carboxylic acids is 1. The number of carbonyl (C=O) groups excluding carboxylic acids is 1. The van der Waals surface area contributed by atoms with Crippen molar-refractivity contribution in [1.82, 2.24) is 0 Å². The van der Waals surface area contributed by atoms with E-state index in [9.17, 15) is 14.4 Å². The molecule has 0 heterocycles. The largest absolute Gasteiger partial charge is 0.513 e. The van der Waals surface area contributed by atoms with E-state index in [0.29, 0.717) is 0 Å². The van der Waals surface area contributed by atoms with Crippen molar-refractivity contribution in [2.24, 2.45) is 0 Å². The second kappa shape index (κ2) is 4.12. The van der Waals surface area contributed by atoms with Gasteiger partial charge in [0.25, 0.3) is 0 Å². The third-order valence-corrected chi connectivity index (χ3v) is 0.833. The van der Waals surface area contributed by atoms with Crippen molar-refractivity contribution < 1.29 is 29.3 Å². The number of rotatable bonds is 3. The van der Waals surface area contributed by atoms with Gasteiger partial charge in [0, 0.05) is 5.57 Å². The van der Waals surface area contributed by atoms with Crippen LogP contribution in [0.4, 0.5) is 4.79 Å². The highest BCUT2D eigenvalue weighted by atomic mass is 16.7. The van der Waals surface area contributed by atoms with Crippen LogP contribution >= 0.6 is 0 Å². The van der Waals surface area contributed by atoms with Crippen molar-refractivity contribution >= 4 is 18.1 Å². The van der Waals surface area contributed by atoms with Gasteiger partial charge < -0.3 is 14.9 Å². The second-order valence-electron chi connectivity index (χ2n) is 1.83. The van der Waals surface area contributed by atoms with Gasteiger partial charge in [0.05, 0.1) is 6.42 Å². The predicted octanol–water partition coefficient (Wildman–Crippen LogP) is 0.238. The molecule has 6 heteroatoms. The van der Waals surface area contributed by atoms with Crippen molar-refractivity contribution in [2.45, 2.75) is 6.42 Å². The van der Waals surface area contributed by atoms with Gasteiger partial charge in [0.2, 0.25) is 0 Å². The van der Waals surface area contributed by atoms with Gasteiger partial charge in [-0.2, -0.15) is 0 Å². The average molecular weight is 174 g/mol. The molecule has 0 aliphatic heterocycles. The van der Waals surface area contributed by atoms with Crippen molar-refractivity contribution in [3.05, 3.63) is 12.2 Å². The van der Waals surface area contributed by atoms with Crippen molar-refractivity contribution in [1.29, 1.82) is 0 Å². The zero-order valence-corrected chi connectivity index (χ0v) is 5.94. The molecule has 0 atom stereocenters. The maximum Gasteiger partial charge on any atom is 0.513 e. The van der Waals surface area contributed by atoms with E-state index < -0.39 is 30.1 Å². The van der Waals surface area contributed by atoms with E-state index in [4.69, 9.17) is 10.2 Å². The molecule has 0 amide bonds. The molecule has 0 spiro atoms. The van der Waals surface area contributed by atoms with Crippen LogP contribution in [0.1, 0.15) is 6.42 Å². The molecule has 0 unspecified atom stereocenters. The highest BCUT2D eigenvalue weighted by Crippen LogP contribution is 2.00. The second-order valence-corrected chi connectivity index (χ2v) is 1.83. The maximum absolute atomic E-state index is 10.5. The molecule has 2 N–H and O–H groups in total. The lowest BCUT2D eigenvalue weighted by Crippen LogP contribution is -2.13. The standard InChI is InChI=1S/C6H6O6/c1-3(2-4(7)8)5(9)12-6(10)11/h1-2H2,(H,7,8)(H,10,11). The average Bonchev–Trinajstić information content (AvgIpc) is 1.84. The Hall–Kier alpha value is -1.85. The first-order valence-corrected chi connectivity index (χ1v) is 2.78. The zero-order chi connectivity index (χ0) is 9.72. The number of hydrogen-bond donors (Lipinski definition) is 2. The summed E-state index contributed by atoms with van der Waals surface area (Å²) in [5.74, 6) is -2.52. The summed E-state index contributed by atoms with van der Waals surface area (Å²) in [6.07, 6.45) is -2.42. The molecule has 6 nitrogen and oxygen atoms in total. The third kappa shape index (κ3) is 4.04. The topological polar surface area (TPSA) is 101 Å². The maximum atomic E-state index is 10.5. The summed E-state index contributed by atoms with van der Waals surface area (Å²) in [7, 11) is 0. The number of carbonyl (C=O) groups is 3. The Morgan fingerprint density at radius 1 is 1.25 bits per heavy atom. The minimum atomic E-state index is -1.79. The van der Waals surface area contributed by atoms with E-state index >= 15 is 0 Å². The number of carboxylic acid groups (broad SMARTS) is 2. The first-order valence-electron chi connectivity index (χ1n) is 2.78. The summed E-state index contributed by atoms with van der Waals surface area (Å²) in [5.41, 5.74) is -0.412. The molecule has 0 saturated heterocycles. The Morgan fingerprint density at radius 2 is 1.75 bits per heavy atom. The van der Waals surface area contributed by atoms with Gasteiger partial charge in [0.15, 0.2) is 0 Å². The number of aliphatic carboxylic acids is 1. The van der Waals surface area contributed by atoms with E-state index in [1.807, 2.05) is 0 Å². The summed E-state index contributed by atoms with van der Waals surface area (Å²) in [5, 5.41) is 16.1. The molecule has 66 valence electrons. The van der Waals surface area contributed by atoms with Gasteiger partial charge in [-0.1, -0.05) is 6.58 Å². The minimum absolute atomic E-state index is 0.412. The summed E-state index contributed by atoms with van der Waals surface area (Å²) < 4.78 is 3.63. The molecule has 12 heavy (non-hydrogen) atoms. The first kappa shape index (κ1) is 10.2. The number of esters is 1. The molecule has 0 aromatic heterocycles. The Balaban J connectivity index is 4.03. The lowest BCUT2D eigenvalue weighted by Gasteiger charge is -1.98. The van der Waals surface area contributed by atoms with Gasteiger partial charge in [0.1, 0.15) is 0 Å². The predicted molar refractivity (Wildman–Crippen MR) is 35.5 cm³/mol. The number of ether oxygens (including phenoxy) is 1. The third-order valence-electron chi connectivity index (χ3n) is 0.833. The molecule has 0 rings (SSSR count). The van der Waals surface area contributed by atoms with Gasteiger partial charge >= 0.3 is 18.1 Å². The lowest BCUT2D eigenvalue weighted by molar-refractivity contribution is -0.140. The Bertz CT molecular complexity index is 214. The normalized spacial score (nSPS) is 8.67. The molecule has 0 saturated carbocycles. The van der Waals surface area contributed by atoms with Crippen LogP contribution in [0.25, 0.3) is 0 Å². The Morgan fingerprint density at radius 3 is 2.08 bits per heavy atom.